The van der Waals surface area contributed by atoms with E-state index < -0.39 is 10.0 Å². The average molecular weight is 347 g/mol. The molecule has 24 heavy (non-hydrogen) atoms. The lowest BCUT2D eigenvalue weighted by molar-refractivity contribution is -0.114. The lowest BCUT2D eigenvalue weighted by Crippen LogP contribution is -2.38. The summed E-state index contributed by atoms with van der Waals surface area (Å²) in [4.78, 5) is 11.3. The van der Waals surface area contributed by atoms with E-state index in [9.17, 15) is 13.2 Å². The molecule has 2 aromatic rings. The first-order valence-corrected chi connectivity index (χ1v) is 9.41. The number of anilines is 1. The summed E-state index contributed by atoms with van der Waals surface area (Å²) in [7, 11) is -3.49. The number of hydrogen-bond donors (Lipinski definition) is 1. The third-order valence-corrected chi connectivity index (χ3v) is 6.20. The van der Waals surface area contributed by atoms with E-state index >= 15 is 0 Å². The van der Waals surface area contributed by atoms with Crippen molar-refractivity contribution >= 4 is 21.6 Å². The van der Waals surface area contributed by atoms with Gasteiger partial charge < -0.3 is 9.88 Å². The number of carbonyl (C=O) groups excluding carboxylic acids is 1. The van der Waals surface area contributed by atoms with E-state index in [4.69, 9.17) is 0 Å². The zero-order chi connectivity index (χ0) is 17.2. The van der Waals surface area contributed by atoms with Crippen molar-refractivity contribution in [2.45, 2.75) is 30.7 Å². The van der Waals surface area contributed by atoms with E-state index in [2.05, 4.69) is 9.88 Å². The Bertz CT molecular complexity index is 790. The Morgan fingerprint density at radius 3 is 2.21 bits per heavy atom. The van der Waals surface area contributed by atoms with E-state index in [0.717, 1.165) is 12.8 Å². The Morgan fingerprint density at radius 2 is 1.67 bits per heavy atom. The highest BCUT2D eigenvalue weighted by Crippen LogP contribution is 2.27. The minimum absolute atomic E-state index is 0.183. The molecule has 6 nitrogen and oxygen atoms in total. The first-order valence-electron chi connectivity index (χ1n) is 7.97. The Labute approximate surface area is 142 Å². The molecule has 7 heteroatoms. The number of amides is 1. The van der Waals surface area contributed by atoms with Crippen molar-refractivity contribution in [2.75, 3.05) is 18.4 Å². The Hall–Kier alpha value is -2.12. The van der Waals surface area contributed by atoms with Gasteiger partial charge in [-0.2, -0.15) is 4.31 Å². The third kappa shape index (κ3) is 3.52. The summed E-state index contributed by atoms with van der Waals surface area (Å²) in [6.45, 7) is 2.44. The molecule has 0 atom stereocenters. The molecule has 1 N–H and O–H groups in total. The van der Waals surface area contributed by atoms with E-state index in [0.29, 0.717) is 24.8 Å². The molecule has 0 unspecified atom stereocenters. The van der Waals surface area contributed by atoms with Crippen molar-refractivity contribution in [3.63, 3.8) is 0 Å². The van der Waals surface area contributed by atoms with Crippen LogP contribution in [0.25, 0.3) is 0 Å². The standard InChI is InChI=1S/C17H21N3O3S/c1-14(21)18-15-4-6-17(7-5-15)24(22,23)20-12-8-16(9-13-20)19-10-2-3-11-19/h2-7,10-11,16H,8-9,12-13H2,1H3,(H,18,21). The van der Waals surface area contributed by atoms with Crippen LogP contribution in [-0.4, -0.2) is 36.3 Å². The second-order valence-corrected chi connectivity index (χ2v) is 7.91. The summed E-state index contributed by atoms with van der Waals surface area (Å²) in [6.07, 6.45) is 5.65. The highest BCUT2D eigenvalue weighted by atomic mass is 32.2. The molecule has 1 amide bonds. The van der Waals surface area contributed by atoms with Crippen LogP contribution in [0.1, 0.15) is 25.8 Å². The molecule has 0 radical (unpaired) electrons. The van der Waals surface area contributed by atoms with Crippen LogP contribution in [0.3, 0.4) is 0 Å². The van der Waals surface area contributed by atoms with Gasteiger partial charge in [0.05, 0.1) is 4.90 Å². The van der Waals surface area contributed by atoms with Crippen LogP contribution >= 0.6 is 0 Å². The molecule has 1 aromatic carbocycles. The monoisotopic (exact) mass is 347 g/mol. The zero-order valence-corrected chi connectivity index (χ0v) is 14.4. The number of carbonyl (C=O) groups is 1. The lowest BCUT2D eigenvalue weighted by atomic mass is 10.1. The van der Waals surface area contributed by atoms with Crippen LogP contribution in [0.2, 0.25) is 0 Å². The van der Waals surface area contributed by atoms with E-state index in [1.807, 2.05) is 24.5 Å². The SMILES string of the molecule is CC(=O)Nc1ccc(S(=O)(=O)N2CCC(n3cccc3)CC2)cc1. The minimum atomic E-state index is -3.49. The predicted molar refractivity (Wildman–Crippen MR) is 92.2 cm³/mol. The molecule has 1 aromatic heterocycles. The Balaban J connectivity index is 1.69. The number of rotatable bonds is 4. The highest BCUT2D eigenvalue weighted by molar-refractivity contribution is 7.89. The van der Waals surface area contributed by atoms with Crippen molar-refractivity contribution < 1.29 is 13.2 Å². The fraction of sp³-hybridized carbons (Fsp3) is 0.353. The highest BCUT2D eigenvalue weighted by Gasteiger charge is 2.29. The molecule has 128 valence electrons. The number of piperidine rings is 1. The molecule has 1 fully saturated rings. The third-order valence-electron chi connectivity index (χ3n) is 4.29. The molecule has 0 spiro atoms. The van der Waals surface area contributed by atoms with Gasteiger partial charge in [-0.05, 0) is 49.2 Å². The number of benzene rings is 1. The van der Waals surface area contributed by atoms with Crippen LogP contribution in [0, 0.1) is 0 Å². The largest absolute Gasteiger partial charge is 0.351 e. The van der Waals surface area contributed by atoms with Crippen LogP contribution in [0.4, 0.5) is 5.69 Å². The summed E-state index contributed by atoms with van der Waals surface area (Å²) in [5, 5.41) is 2.63. The molecule has 1 aliphatic rings. The van der Waals surface area contributed by atoms with Crippen LogP contribution < -0.4 is 5.32 Å². The van der Waals surface area contributed by atoms with Gasteiger partial charge in [0.25, 0.3) is 0 Å². The van der Waals surface area contributed by atoms with Crippen LogP contribution in [-0.2, 0) is 14.8 Å². The lowest BCUT2D eigenvalue weighted by Gasteiger charge is -2.32. The van der Waals surface area contributed by atoms with Crippen molar-refractivity contribution in [1.82, 2.24) is 8.87 Å². The Kier molecular flexibility index (Phi) is 4.73. The summed E-state index contributed by atoms with van der Waals surface area (Å²) in [5.74, 6) is -0.183. The molecular formula is C17H21N3O3S. The molecule has 1 saturated heterocycles. The van der Waals surface area contributed by atoms with E-state index in [1.165, 1.54) is 6.92 Å². The average Bonchev–Trinajstić information content (AvgIpc) is 3.09. The molecule has 0 bridgehead atoms. The predicted octanol–water partition coefficient (Wildman–Crippen LogP) is 2.47. The molecule has 0 saturated carbocycles. The van der Waals surface area contributed by atoms with Gasteiger partial charge in [-0.15, -0.1) is 0 Å². The fourth-order valence-electron chi connectivity index (χ4n) is 3.03. The molecule has 0 aliphatic carbocycles. The second-order valence-electron chi connectivity index (χ2n) is 5.97. The number of hydrogen-bond acceptors (Lipinski definition) is 3. The minimum Gasteiger partial charge on any atom is -0.351 e. The quantitative estimate of drug-likeness (QED) is 0.923. The summed E-state index contributed by atoms with van der Waals surface area (Å²) in [6, 6.07) is 10.6. The second kappa shape index (κ2) is 6.78. The van der Waals surface area contributed by atoms with Crippen molar-refractivity contribution in [3.05, 3.63) is 48.8 Å². The topological polar surface area (TPSA) is 71.4 Å². The van der Waals surface area contributed by atoms with E-state index in [1.54, 1.807) is 28.6 Å². The normalized spacial score (nSPS) is 16.9. The maximum absolute atomic E-state index is 12.7. The number of sulfonamides is 1. The first-order chi connectivity index (χ1) is 11.5. The number of nitrogens with one attached hydrogen (secondary N) is 1. The van der Waals surface area contributed by atoms with Gasteiger partial charge in [-0.1, -0.05) is 0 Å². The van der Waals surface area contributed by atoms with Crippen molar-refractivity contribution in [3.8, 4) is 0 Å². The maximum Gasteiger partial charge on any atom is 0.243 e. The molecule has 3 rings (SSSR count). The number of nitrogens with zero attached hydrogens (tertiary/aromatic N) is 2. The summed E-state index contributed by atoms with van der Waals surface area (Å²) >= 11 is 0. The van der Waals surface area contributed by atoms with Gasteiger partial charge in [0.15, 0.2) is 0 Å². The van der Waals surface area contributed by atoms with Crippen LogP contribution in [0.5, 0.6) is 0 Å². The van der Waals surface area contributed by atoms with Crippen molar-refractivity contribution in [1.29, 1.82) is 0 Å². The Morgan fingerprint density at radius 1 is 1.08 bits per heavy atom. The van der Waals surface area contributed by atoms with Gasteiger partial charge in [0, 0.05) is 44.1 Å². The summed E-state index contributed by atoms with van der Waals surface area (Å²) < 4.78 is 29.2. The fourth-order valence-corrected chi connectivity index (χ4v) is 4.50. The summed E-state index contributed by atoms with van der Waals surface area (Å²) in [5.41, 5.74) is 0.591. The van der Waals surface area contributed by atoms with Gasteiger partial charge >= 0.3 is 0 Å². The first kappa shape index (κ1) is 16.7. The molecule has 2 heterocycles. The zero-order valence-electron chi connectivity index (χ0n) is 13.6. The van der Waals surface area contributed by atoms with Gasteiger partial charge in [0.2, 0.25) is 15.9 Å². The molecular weight excluding hydrogens is 326 g/mol. The van der Waals surface area contributed by atoms with Crippen molar-refractivity contribution in [2.24, 2.45) is 0 Å². The number of aromatic nitrogens is 1. The van der Waals surface area contributed by atoms with Gasteiger partial charge in [-0.3, -0.25) is 4.79 Å². The molecule has 1 aliphatic heterocycles. The van der Waals surface area contributed by atoms with Gasteiger partial charge in [0.1, 0.15) is 0 Å². The smallest absolute Gasteiger partial charge is 0.243 e. The van der Waals surface area contributed by atoms with E-state index in [-0.39, 0.29) is 10.8 Å². The van der Waals surface area contributed by atoms with Gasteiger partial charge in [-0.25, -0.2) is 8.42 Å². The van der Waals surface area contributed by atoms with Crippen LogP contribution in [0.15, 0.2) is 53.7 Å². The maximum atomic E-state index is 12.7.